The second-order valence-corrected chi connectivity index (χ2v) is 4.56. The van der Waals surface area contributed by atoms with Crippen molar-refractivity contribution in [2.45, 2.75) is 13.5 Å². The van der Waals surface area contributed by atoms with Crippen molar-refractivity contribution in [2.75, 3.05) is 0 Å². The molecule has 4 heteroatoms. The fourth-order valence-electron chi connectivity index (χ4n) is 2.04. The maximum atomic E-state index is 12.1. The second kappa shape index (κ2) is 5.59. The fraction of sp³-hybridized carbons (Fsp3) is 0.118. The zero-order valence-corrected chi connectivity index (χ0v) is 11.6. The molecule has 3 rings (SSSR count). The third-order valence-electron chi connectivity index (χ3n) is 3.18. The summed E-state index contributed by atoms with van der Waals surface area (Å²) in [5, 5.41) is 0.617. The Balaban J connectivity index is 2.03. The first kappa shape index (κ1) is 13.1. The average molecular weight is 275 g/mol. The Labute approximate surface area is 122 Å². The summed E-state index contributed by atoms with van der Waals surface area (Å²) in [6, 6.07) is 9.21. The molecule has 0 aliphatic carbocycles. The number of fused-ring (bicyclic) bond motifs is 1. The molecule has 0 atom stereocenters. The monoisotopic (exact) mass is 275 g/mol. The summed E-state index contributed by atoms with van der Waals surface area (Å²) in [4.78, 5) is 20.5. The summed E-state index contributed by atoms with van der Waals surface area (Å²) < 4.78 is 1.59. The first-order valence-corrected chi connectivity index (χ1v) is 6.69. The molecule has 0 aliphatic rings. The van der Waals surface area contributed by atoms with Gasteiger partial charge in [0.1, 0.15) is 0 Å². The van der Waals surface area contributed by atoms with Crippen LogP contribution in [0.15, 0.2) is 53.8 Å². The molecule has 0 radical (unpaired) electrons. The molecule has 0 bridgehead atoms. The van der Waals surface area contributed by atoms with Crippen LogP contribution in [0.5, 0.6) is 0 Å². The van der Waals surface area contributed by atoms with Gasteiger partial charge in [0.05, 0.1) is 17.2 Å². The zero-order chi connectivity index (χ0) is 14.7. The maximum Gasteiger partial charge on any atom is 0.261 e. The number of aryl methyl sites for hydroxylation is 1. The number of pyridine rings is 1. The van der Waals surface area contributed by atoms with E-state index >= 15 is 0 Å². The molecule has 102 valence electrons. The highest BCUT2D eigenvalue weighted by Gasteiger charge is 2.03. The van der Waals surface area contributed by atoms with Crippen molar-refractivity contribution in [3.63, 3.8) is 0 Å². The van der Waals surface area contributed by atoms with Crippen molar-refractivity contribution >= 4 is 10.9 Å². The molecular formula is C17H13N3O. The normalized spacial score (nSPS) is 10.1. The number of hydrogen-bond donors (Lipinski definition) is 0. The van der Waals surface area contributed by atoms with Crippen LogP contribution in [0.25, 0.3) is 10.9 Å². The minimum atomic E-state index is -0.0192. The summed E-state index contributed by atoms with van der Waals surface area (Å²) >= 11 is 0. The summed E-state index contributed by atoms with van der Waals surface area (Å²) in [6.07, 6.45) is 5.00. The quantitative estimate of drug-likeness (QED) is 0.640. The van der Waals surface area contributed by atoms with Gasteiger partial charge in [0, 0.05) is 30.1 Å². The summed E-state index contributed by atoms with van der Waals surface area (Å²) in [6.45, 7) is 2.53. The van der Waals surface area contributed by atoms with Crippen molar-refractivity contribution in [1.82, 2.24) is 14.5 Å². The molecule has 21 heavy (non-hydrogen) atoms. The third-order valence-corrected chi connectivity index (χ3v) is 3.18. The van der Waals surface area contributed by atoms with Gasteiger partial charge < -0.3 is 0 Å². The van der Waals surface area contributed by atoms with E-state index in [9.17, 15) is 4.79 Å². The molecule has 4 nitrogen and oxygen atoms in total. The van der Waals surface area contributed by atoms with Crippen LogP contribution < -0.4 is 5.56 Å². The predicted octanol–water partition coefficient (Wildman–Crippen LogP) is 2.21. The number of aromatic nitrogens is 3. The van der Waals surface area contributed by atoms with Gasteiger partial charge in [-0.1, -0.05) is 11.8 Å². The summed E-state index contributed by atoms with van der Waals surface area (Å²) in [7, 11) is 0. The van der Waals surface area contributed by atoms with E-state index in [1.165, 1.54) is 0 Å². The Morgan fingerprint density at radius 3 is 2.81 bits per heavy atom. The van der Waals surface area contributed by atoms with Crippen LogP contribution in [0, 0.1) is 11.8 Å². The minimum Gasteiger partial charge on any atom is -0.299 e. The smallest absolute Gasteiger partial charge is 0.261 e. The van der Waals surface area contributed by atoms with Crippen molar-refractivity contribution in [2.24, 2.45) is 0 Å². The lowest BCUT2D eigenvalue weighted by atomic mass is 10.1. The molecule has 2 heterocycles. The van der Waals surface area contributed by atoms with E-state index in [0.717, 1.165) is 11.1 Å². The highest BCUT2D eigenvalue weighted by molar-refractivity contribution is 5.79. The van der Waals surface area contributed by atoms with E-state index in [-0.39, 0.29) is 5.56 Å². The summed E-state index contributed by atoms with van der Waals surface area (Å²) in [5.74, 6) is 6.10. The molecular weight excluding hydrogens is 262 g/mol. The van der Waals surface area contributed by atoms with Gasteiger partial charge in [-0.2, -0.15) is 0 Å². The van der Waals surface area contributed by atoms with Crippen LogP contribution in [0.3, 0.4) is 0 Å². The van der Waals surface area contributed by atoms with E-state index in [2.05, 4.69) is 21.8 Å². The van der Waals surface area contributed by atoms with Gasteiger partial charge in [-0.05, 0) is 37.3 Å². The fourth-order valence-corrected chi connectivity index (χ4v) is 2.04. The van der Waals surface area contributed by atoms with Crippen LogP contribution in [0.2, 0.25) is 0 Å². The molecule has 0 N–H and O–H groups in total. The largest absolute Gasteiger partial charge is 0.299 e. The molecule has 0 amide bonds. The van der Waals surface area contributed by atoms with Crippen molar-refractivity contribution in [3.05, 3.63) is 70.5 Å². The van der Waals surface area contributed by atoms with Crippen LogP contribution in [0.1, 0.15) is 18.1 Å². The van der Waals surface area contributed by atoms with Gasteiger partial charge in [0.2, 0.25) is 0 Å². The Hall–Kier alpha value is -2.93. The minimum absolute atomic E-state index is 0.0192. The Bertz CT molecular complexity index is 902. The standard InChI is InChI=1S/C17H13N3O/c1-2-20-12-19-16-10-13(7-8-15(16)17(20)21)5-6-14-4-3-9-18-11-14/h3-4,7-12H,2H2,1H3. The first-order chi connectivity index (χ1) is 10.3. The highest BCUT2D eigenvalue weighted by atomic mass is 16.1. The molecule has 0 aliphatic heterocycles. The van der Waals surface area contributed by atoms with Crippen LogP contribution in [-0.4, -0.2) is 14.5 Å². The zero-order valence-electron chi connectivity index (χ0n) is 11.6. The summed E-state index contributed by atoms with van der Waals surface area (Å²) in [5.41, 5.74) is 2.33. The van der Waals surface area contributed by atoms with Gasteiger partial charge in [0.25, 0.3) is 5.56 Å². The number of hydrogen-bond acceptors (Lipinski definition) is 3. The molecule has 3 aromatic rings. The van der Waals surface area contributed by atoms with Crippen molar-refractivity contribution < 1.29 is 0 Å². The molecule has 0 saturated heterocycles. The lowest BCUT2D eigenvalue weighted by Gasteiger charge is -2.03. The lowest BCUT2D eigenvalue weighted by molar-refractivity contribution is 0.717. The predicted molar refractivity (Wildman–Crippen MR) is 81.9 cm³/mol. The van der Waals surface area contributed by atoms with Crippen LogP contribution >= 0.6 is 0 Å². The molecule has 1 aromatic carbocycles. The van der Waals surface area contributed by atoms with Crippen LogP contribution in [0.4, 0.5) is 0 Å². The highest BCUT2D eigenvalue weighted by Crippen LogP contribution is 2.09. The Morgan fingerprint density at radius 2 is 2.05 bits per heavy atom. The van der Waals surface area contributed by atoms with E-state index in [1.54, 1.807) is 29.4 Å². The number of benzene rings is 1. The Kier molecular flexibility index (Phi) is 3.48. The van der Waals surface area contributed by atoms with Crippen molar-refractivity contribution in [3.8, 4) is 11.8 Å². The van der Waals surface area contributed by atoms with E-state index in [0.29, 0.717) is 17.4 Å². The molecule has 0 spiro atoms. The second-order valence-electron chi connectivity index (χ2n) is 4.56. The molecule has 0 saturated carbocycles. The van der Waals surface area contributed by atoms with Gasteiger partial charge in [-0.25, -0.2) is 4.98 Å². The average Bonchev–Trinajstić information content (AvgIpc) is 2.54. The molecule has 0 unspecified atom stereocenters. The maximum absolute atomic E-state index is 12.1. The van der Waals surface area contributed by atoms with Gasteiger partial charge in [0.15, 0.2) is 0 Å². The van der Waals surface area contributed by atoms with Gasteiger partial charge in [-0.15, -0.1) is 0 Å². The third kappa shape index (κ3) is 2.67. The topological polar surface area (TPSA) is 47.8 Å². The number of rotatable bonds is 1. The SMILES string of the molecule is CCn1cnc2cc(C#Cc3cccnc3)ccc2c1=O. The van der Waals surface area contributed by atoms with Crippen LogP contribution in [-0.2, 0) is 6.54 Å². The molecule has 2 aromatic heterocycles. The Morgan fingerprint density at radius 1 is 1.19 bits per heavy atom. The first-order valence-electron chi connectivity index (χ1n) is 6.69. The lowest BCUT2D eigenvalue weighted by Crippen LogP contribution is -2.19. The van der Waals surface area contributed by atoms with Gasteiger partial charge >= 0.3 is 0 Å². The number of nitrogens with zero attached hydrogens (tertiary/aromatic N) is 3. The molecule has 0 fully saturated rings. The van der Waals surface area contributed by atoms with E-state index in [4.69, 9.17) is 0 Å². The van der Waals surface area contributed by atoms with Crippen molar-refractivity contribution in [1.29, 1.82) is 0 Å². The van der Waals surface area contributed by atoms with E-state index in [1.807, 2.05) is 31.2 Å². The van der Waals surface area contributed by atoms with E-state index < -0.39 is 0 Å². The van der Waals surface area contributed by atoms with Gasteiger partial charge in [-0.3, -0.25) is 14.3 Å².